The van der Waals surface area contributed by atoms with E-state index in [1.807, 2.05) is 0 Å². The molecule has 1 radical (unpaired) electrons. The van der Waals surface area contributed by atoms with Crippen molar-refractivity contribution >= 4 is 0 Å². The van der Waals surface area contributed by atoms with Gasteiger partial charge in [0, 0.05) is 0 Å². The molecule has 0 saturated heterocycles. The van der Waals surface area contributed by atoms with E-state index in [2.05, 4.69) is 32.4 Å². The van der Waals surface area contributed by atoms with Crippen molar-refractivity contribution in [2.45, 2.75) is 71.6 Å². The topological polar surface area (TPSA) is 0 Å². The highest BCUT2D eigenvalue weighted by Crippen LogP contribution is 2.07. The van der Waals surface area contributed by atoms with Crippen molar-refractivity contribution in [3.63, 3.8) is 0 Å². The number of rotatable bonds is 10. The second-order valence-electron chi connectivity index (χ2n) is 3.98. The van der Waals surface area contributed by atoms with Crippen LogP contribution in [0.1, 0.15) is 71.6 Å². The average Bonchev–Trinajstić information content (AvgIpc) is 2.21. The zero-order valence-corrected chi connectivity index (χ0v) is 10.1. The average molecular weight is 195 g/mol. The van der Waals surface area contributed by atoms with Crippen LogP contribution in [0.2, 0.25) is 0 Å². The second-order valence-corrected chi connectivity index (χ2v) is 3.98. The van der Waals surface area contributed by atoms with Crippen LogP contribution in [0, 0.1) is 6.42 Å². The number of allylic oxidation sites excluding steroid dienone is 2. The van der Waals surface area contributed by atoms with E-state index < -0.39 is 0 Å². The summed E-state index contributed by atoms with van der Waals surface area (Å²) in [7, 11) is 0. The first-order valence-corrected chi connectivity index (χ1v) is 6.38. The highest BCUT2D eigenvalue weighted by Gasteiger charge is 1.89. The summed E-state index contributed by atoms with van der Waals surface area (Å²) in [6, 6.07) is 0. The lowest BCUT2D eigenvalue weighted by atomic mass is 10.1. The summed E-state index contributed by atoms with van der Waals surface area (Å²) >= 11 is 0. The van der Waals surface area contributed by atoms with Gasteiger partial charge in [0.05, 0.1) is 0 Å². The molecule has 0 N–H and O–H groups in total. The standard InChI is InChI=1S/C14H27/c1-3-5-7-9-11-13-14-12-10-8-6-4-2/h7,9-10H,3-6,8,11-14H2,1-2H3. The van der Waals surface area contributed by atoms with E-state index in [0.29, 0.717) is 0 Å². The maximum absolute atomic E-state index is 2.46. The Balaban J connectivity index is 2.91. The molecule has 0 aliphatic carbocycles. The molecular weight excluding hydrogens is 168 g/mol. The van der Waals surface area contributed by atoms with E-state index >= 15 is 0 Å². The van der Waals surface area contributed by atoms with Crippen LogP contribution in [0.25, 0.3) is 0 Å². The van der Waals surface area contributed by atoms with Crippen LogP contribution in [0.5, 0.6) is 0 Å². The molecular formula is C14H27. The van der Waals surface area contributed by atoms with Crippen molar-refractivity contribution in [3.05, 3.63) is 18.6 Å². The summed E-state index contributed by atoms with van der Waals surface area (Å²) in [6.07, 6.45) is 19.0. The predicted octanol–water partition coefficient (Wildman–Crippen LogP) is 5.30. The van der Waals surface area contributed by atoms with Gasteiger partial charge >= 0.3 is 0 Å². The molecule has 0 saturated carbocycles. The van der Waals surface area contributed by atoms with Crippen molar-refractivity contribution in [3.8, 4) is 0 Å². The van der Waals surface area contributed by atoms with Gasteiger partial charge in [-0.1, -0.05) is 64.5 Å². The van der Waals surface area contributed by atoms with Crippen LogP contribution < -0.4 is 0 Å². The summed E-state index contributed by atoms with van der Waals surface area (Å²) < 4.78 is 0. The third-order valence-electron chi connectivity index (χ3n) is 2.41. The van der Waals surface area contributed by atoms with Gasteiger partial charge in [-0.05, 0) is 25.7 Å². The van der Waals surface area contributed by atoms with Crippen molar-refractivity contribution in [1.82, 2.24) is 0 Å². The summed E-state index contributed by atoms with van der Waals surface area (Å²) in [6.45, 7) is 4.49. The molecule has 0 aliphatic rings. The van der Waals surface area contributed by atoms with Crippen molar-refractivity contribution in [1.29, 1.82) is 0 Å². The predicted molar refractivity (Wildman–Crippen MR) is 66.3 cm³/mol. The van der Waals surface area contributed by atoms with Crippen molar-refractivity contribution in [2.75, 3.05) is 0 Å². The molecule has 0 heterocycles. The van der Waals surface area contributed by atoms with Gasteiger partial charge < -0.3 is 0 Å². The van der Waals surface area contributed by atoms with Gasteiger partial charge in [0.1, 0.15) is 0 Å². The molecule has 83 valence electrons. The minimum atomic E-state index is 1.25. The normalized spacial score (nSPS) is 11.3. The molecule has 0 rings (SSSR count). The molecule has 0 aromatic heterocycles. The summed E-state index contributed by atoms with van der Waals surface area (Å²) in [4.78, 5) is 0. The fourth-order valence-corrected chi connectivity index (χ4v) is 1.45. The molecule has 0 bridgehead atoms. The maximum atomic E-state index is 2.46. The Morgan fingerprint density at radius 2 is 1.29 bits per heavy atom. The summed E-state index contributed by atoms with van der Waals surface area (Å²) in [5.41, 5.74) is 0. The molecule has 0 aromatic rings. The zero-order valence-electron chi connectivity index (χ0n) is 10.1. The number of hydrogen-bond donors (Lipinski definition) is 0. The monoisotopic (exact) mass is 195 g/mol. The van der Waals surface area contributed by atoms with Gasteiger partial charge in [-0.15, -0.1) is 0 Å². The Bertz CT molecular complexity index is 113. The van der Waals surface area contributed by atoms with Gasteiger partial charge in [0.2, 0.25) is 0 Å². The largest absolute Gasteiger partial charge is 0.0885 e. The van der Waals surface area contributed by atoms with E-state index in [1.54, 1.807) is 0 Å². The SMILES string of the molecule is CCCC=CCCCC[CH]CCCC. The van der Waals surface area contributed by atoms with Gasteiger partial charge in [0.25, 0.3) is 0 Å². The van der Waals surface area contributed by atoms with Crippen LogP contribution in [-0.2, 0) is 0 Å². The van der Waals surface area contributed by atoms with Gasteiger partial charge in [-0.25, -0.2) is 0 Å². The quantitative estimate of drug-likeness (QED) is 0.328. The Hall–Kier alpha value is -0.260. The molecule has 0 atom stereocenters. The molecule has 0 unspecified atom stereocenters. The number of hydrogen-bond acceptors (Lipinski definition) is 0. The first-order valence-electron chi connectivity index (χ1n) is 6.38. The Labute approximate surface area is 90.8 Å². The van der Waals surface area contributed by atoms with Crippen LogP contribution in [0.3, 0.4) is 0 Å². The highest BCUT2D eigenvalue weighted by molar-refractivity contribution is 4.81. The van der Waals surface area contributed by atoms with Crippen molar-refractivity contribution in [2.24, 2.45) is 0 Å². The fourth-order valence-electron chi connectivity index (χ4n) is 1.45. The fraction of sp³-hybridized carbons (Fsp3) is 0.786. The van der Waals surface area contributed by atoms with E-state index in [4.69, 9.17) is 0 Å². The van der Waals surface area contributed by atoms with Crippen LogP contribution in [0.15, 0.2) is 12.2 Å². The smallest absolute Gasteiger partial charge is 0.0351 e. The van der Waals surface area contributed by atoms with Crippen LogP contribution in [-0.4, -0.2) is 0 Å². The van der Waals surface area contributed by atoms with E-state index in [-0.39, 0.29) is 0 Å². The molecule has 0 fully saturated rings. The highest BCUT2D eigenvalue weighted by atomic mass is 13.9. The Kier molecular flexibility index (Phi) is 12.5. The van der Waals surface area contributed by atoms with E-state index in [9.17, 15) is 0 Å². The Morgan fingerprint density at radius 3 is 2.00 bits per heavy atom. The molecule has 0 aliphatic heterocycles. The number of unbranched alkanes of at least 4 members (excludes halogenated alkanes) is 8. The third kappa shape index (κ3) is 11.7. The molecule has 0 heteroatoms. The zero-order chi connectivity index (χ0) is 10.5. The Morgan fingerprint density at radius 1 is 0.643 bits per heavy atom. The van der Waals surface area contributed by atoms with Gasteiger partial charge in [0.15, 0.2) is 0 Å². The van der Waals surface area contributed by atoms with E-state index in [1.165, 1.54) is 57.8 Å². The maximum Gasteiger partial charge on any atom is -0.0351 e. The van der Waals surface area contributed by atoms with Gasteiger partial charge in [-0.2, -0.15) is 0 Å². The second kappa shape index (κ2) is 12.7. The molecule has 0 spiro atoms. The minimum absolute atomic E-state index is 1.25. The molecule has 14 heavy (non-hydrogen) atoms. The van der Waals surface area contributed by atoms with Crippen LogP contribution in [0.4, 0.5) is 0 Å². The lowest BCUT2D eigenvalue weighted by Gasteiger charge is -1.98. The lowest BCUT2D eigenvalue weighted by Crippen LogP contribution is -1.79. The first-order chi connectivity index (χ1) is 6.91. The van der Waals surface area contributed by atoms with Crippen LogP contribution >= 0.6 is 0 Å². The van der Waals surface area contributed by atoms with Gasteiger partial charge in [-0.3, -0.25) is 0 Å². The molecule has 0 nitrogen and oxygen atoms in total. The lowest BCUT2D eigenvalue weighted by molar-refractivity contribution is 0.687. The molecule has 0 aromatic carbocycles. The molecule has 0 amide bonds. The first kappa shape index (κ1) is 13.7. The minimum Gasteiger partial charge on any atom is -0.0885 e. The van der Waals surface area contributed by atoms with E-state index in [0.717, 1.165) is 0 Å². The summed E-state index contributed by atoms with van der Waals surface area (Å²) in [5, 5.41) is 0. The summed E-state index contributed by atoms with van der Waals surface area (Å²) in [5.74, 6) is 0. The van der Waals surface area contributed by atoms with Crippen molar-refractivity contribution < 1.29 is 0 Å². The third-order valence-corrected chi connectivity index (χ3v) is 2.41.